The van der Waals surface area contributed by atoms with Gasteiger partial charge < -0.3 is 5.32 Å². The molecule has 2 rings (SSSR count). The van der Waals surface area contributed by atoms with Crippen molar-refractivity contribution in [1.29, 1.82) is 0 Å². The van der Waals surface area contributed by atoms with Gasteiger partial charge >= 0.3 is 0 Å². The second-order valence-electron chi connectivity index (χ2n) is 5.87. The summed E-state index contributed by atoms with van der Waals surface area (Å²) in [4.78, 5) is 4.62. The van der Waals surface area contributed by atoms with Crippen LogP contribution in [0.3, 0.4) is 0 Å². The van der Waals surface area contributed by atoms with Crippen molar-refractivity contribution in [3.63, 3.8) is 0 Å². The fourth-order valence-electron chi connectivity index (χ4n) is 2.56. The largest absolute Gasteiger partial charge is 0.313 e. The lowest BCUT2D eigenvalue weighted by Gasteiger charge is -2.19. The highest BCUT2D eigenvalue weighted by Crippen LogP contribution is 2.17. The Balaban J connectivity index is 2.09. The van der Waals surface area contributed by atoms with E-state index in [1.165, 1.54) is 28.1 Å². The van der Waals surface area contributed by atoms with Crippen LogP contribution in [0.1, 0.15) is 40.7 Å². The Hall–Kier alpha value is -1.19. The van der Waals surface area contributed by atoms with E-state index in [2.05, 4.69) is 61.6 Å². The molecule has 0 saturated heterocycles. The molecule has 2 nitrogen and oxygen atoms in total. The van der Waals surface area contributed by atoms with Crippen LogP contribution < -0.4 is 5.32 Å². The van der Waals surface area contributed by atoms with Crippen LogP contribution in [0.25, 0.3) is 0 Å². The topological polar surface area (TPSA) is 24.9 Å². The predicted octanol–water partition coefficient (Wildman–Crippen LogP) is 4.22. The van der Waals surface area contributed by atoms with E-state index in [1.54, 1.807) is 11.3 Å². The van der Waals surface area contributed by atoms with Gasteiger partial charge in [0.25, 0.3) is 0 Å². The molecule has 1 atom stereocenters. The third-order valence-electron chi connectivity index (χ3n) is 3.74. The Morgan fingerprint density at radius 3 is 2.67 bits per heavy atom. The number of hydrogen-bond donors (Lipinski definition) is 1. The average Bonchev–Trinajstić information content (AvgIpc) is 2.85. The van der Waals surface area contributed by atoms with Crippen LogP contribution in [-0.2, 0) is 12.8 Å². The normalized spacial score (nSPS) is 12.6. The van der Waals surface area contributed by atoms with E-state index < -0.39 is 0 Å². The van der Waals surface area contributed by atoms with Gasteiger partial charge in [-0.1, -0.05) is 30.7 Å². The molecule has 0 radical (unpaired) electrons. The summed E-state index contributed by atoms with van der Waals surface area (Å²) in [6.45, 7) is 9.73. The van der Waals surface area contributed by atoms with Crippen LogP contribution in [0, 0.1) is 20.8 Å². The summed E-state index contributed by atoms with van der Waals surface area (Å²) < 4.78 is 0. The minimum atomic E-state index is 0.469. The van der Waals surface area contributed by atoms with Crippen molar-refractivity contribution in [3.8, 4) is 0 Å². The lowest BCUT2D eigenvalue weighted by molar-refractivity contribution is 0.503. The lowest BCUT2D eigenvalue weighted by Crippen LogP contribution is -2.34. The summed E-state index contributed by atoms with van der Waals surface area (Å²) >= 11 is 1.78. The molecule has 1 unspecified atom stereocenters. The Bertz CT molecular complexity index is 574. The third kappa shape index (κ3) is 4.94. The van der Waals surface area contributed by atoms with Gasteiger partial charge in [-0.3, -0.25) is 0 Å². The fraction of sp³-hybridized carbons (Fsp3) is 0.500. The Morgan fingerprint density at radius 2 is 2.00 bits per heavy atom. The maximum Gasteiger partial charge on any atom is 0.0943 e. The van der Waals surface area contributed by atoms with E-state index in [-0.39, 0.29) is 0 Å². The molecule has 0 aliphatic rings. The van der Waals surface area contributed by atoms with Crippen LogP contribution in [0.2, 0.25) is 0 Å². The number of rotatable bonds is 7. The molecule has 21 heavy (non-hydrogen) atoms. The first-order valence-electron chi connectivity index (χ1n) is 7.79. The minimum Gasteiger partial charge on any atom is -0.313 e. The van der Waals surface area contributed by atoms with E-state index >= 15 is 0 Å². The van der Waals surface area contributed by atoms with E-state index in [1.807, 2.05) is 0 Å². The first-order chi connectivity index (χ1) is 10.1. The highest BCUT2D eigenvalue weighted by molar-refractivity contribution is 7.09. The molecule has 3 heteroatoms. The van der Waals surface area contributed by atoms with E-state index in [4.69, 9.17) is 0 Å². The zero-order valence-corrected chi connectivity index (χ0v) is 14.4. The smallest absolute Gasteiger partial charge is 0.0943 e. The maximum absolute atomic E-state index is 4.62. The highest BCUT2D eigenvalue weighted by Gasteiger charge is 2.13. The van der Waals surface area contributed by atoms with Crippen molar-refractivity contribution in [2.24, 2.45) is 0 Å². The molecule has 1 N–H and O–H groups in total. The number of aryl methyl sites for hydroxylation is 3. The summed E-state index contributed by atoms with van der Waals surface area (Å²) in [5.74, 6) is 0. The third-order valence-corrected chi connectivity index (χ3v) is 4.73. The average molecular weight is 302 g/mol. The Labute approximate surface area is 132 Å². The van der Waals surface area contributed by atoms with E-state index in [9.17, 15) is 0 Å². The summed E-state index contributed by atoms with van der Waals surface area (Å²) in [6.07, 6.45) is 3.26. The summed E-state index contributed by atoms with van der Waals surface area (Å²) in [5, 5.41) is 7.07. The second kappa shape index (κ2) is 7.71. The number of benzene rings is 1. The van der Waals surface area contributed by atoms with Gasteiger partial charge in [0, 0.05) is 23.5 Å². The van der Waals surface area contributed by atoms with Gasteiger partial charge in [-0.25, -0.2) is 4.98 Å². The number of thiazole rings is 1. The molecule has 0 aliphatic carbocycles. The maximum atomic E-state index is 4.62. The first-order valence-corrected chi connectivity index (χ1v) is 8.67. The Kier molecular flexibility index (Phi) is 5.95. The molecule has 1 aromatic heterocycles. The highest BCUT2D eigenvalue weighted by atomic mass is 32.1. The van der Waals surface area contributed by atoms with Crippen molar-refractivity contribution in [1.82, 2.24) is 10.3 Å². The van der Waals surface area contributed by atoms with Crippen LogP contribution in [0.15, 0.2) is 23.6 Å². The van der Waals surface area contributed by atoms with Gasteiger partial charge in [0.2, 0.25) is 0 Å². The summed E-state index contributed by atoms with van der Waals surface area (Å²) in [6, 6.07) is 7.21. The molecule has 0 amide bonds. The summed E-state index contributed by atoms with van der Waals surface area (Å²) in [7, 11) is 0. The molecule has 0 saturated carbocycles. The SMILES string of the molecule is CCCNC(Cc1nc(C)cs1)Cc1cc(C)ccc1C. The molecule has 0 fully saturated rings. The predicted molar refractivity (Wildman–Crippen MR) is 92.3 cm³/mol. The van der Waals surface area contributed by atoms with Crippen molar-refractivity contribution >= 4 is 11.3 Å². The summed E-state index contributed by atoms with van der Waals surface area (Å²) in [5.41, 5.74) is 5.32. The van der Waals surface area contributed by atoms with Crippen molar-refractivity contribution < 1.29 is 0 Å². The van der Waals surface area contributed by atoms with E-state index in [0.717, 1.165) is 25.1 Å². The van der Waals surface area contributed by atoms with Crippen molar-refractivity contribution in [3.05, 3.63) is 51.0 Å². The molecule has 0 bridgehead atoms. The van der Waals surface area contributed by atoms with Crippen LogP contribution in [0.4, 0.5) is 0 Å². The molecule has 1 heterocycles. The van der Waals surface area contributed by atoms with E-state index in [0.29, 0.717) is 6.04 Å². The van der Waals surface area contributed by atoms with Crippen LogP contribution in [0.5, 0.6) is 0 Å². The molecule has 114 valence electrons. The quantitative estimate of drug-likeness (QED) is 0.828. The number of hydrogen-bond acceptors (Lipinski definition) is 3. The number of nitrogens with one attached hydrogen (secondary N) is 1. The molecule has 0 aliphatic heterocycles. The minimum absolute atomic E-state index is 0.469. The van der Waals surface area contributed by atoms with Crippen molar-refractivity contribution in [2.75, 3.05) is 6.54 Å². The van der Waals surface area contributed by atoms with Crippen LogP contribution in [-0.4, -0.2) is 17.6 Å². The molecular weight excluding hydrogens is 276 g/mol. The lowest BCUT2D eigenvalue weighted by atomic mass is 9.97. The number of aromatic nitrogens is 1. The Morgan fingerprint density at radius 1 is 1.19 bits per heavy atom. The monoisotopic (exact) mass is 302 g/mol. The van der Waals surface area contributed by atoms with Crippen LogP contribution >= 0.6 is 11.3 Å². The van der Waals surface area contributed by atoms with Gasteiger partial charge in [0.1, 0.15) is 0 Å². The molecule has 2 aromatic rings. The van der Waals surface area contributed by atoms with Gasteiger partial charge in [0.15, 0.2) is 0 Å². The van der Waals surface area contributed by atoms with Gasteiger partial charge in [-0.2, -0.15) is 0 Å². The zero-order valence-electron chi connectivity index (χ0n) is 13.6. The fourth-order valence-corrected chi connectivity index (χ4v) is 3.41. The first kappa shape index (κ1) is 16.2. The number of nitrogens with zero attached hydrogens (tertiary/aromatic N) is 1. The van der Waals surface area contributed by atoms with Crippen molar-refractivity contribution in [2.45, 2.75) is 53.0 Å². The van der Waals surface area contributed by atoms with Gasteiger partial charge in [0.05, 0.1) is 5.01 Å². The zero-order chi connectivity index (χ0) is 15.2. The molecule has 0 spiro atoms. The molecule has 1 aromatic carbocycles. The van der Waals surface area contributed by atoms with Gasteiger partial charge in [-0.05, 0) is 51.3 Å². The standard InChI is InChI=1S/C18H26N2S/c1-5-8-19-17(11-18-20-15(4)12-21-18)10-16-9-13(2)6-7-14(16)3/h6-7,9,12,17,19H,5,8,10-11H2,1-4H3. The molecular formula is C18H26N2S. The van der Waals surface area contributed by atoms with Gasteiger partial charge in [-0.15, -0.1) is 11.3 Å². The second-order valence-corrected chi connectivity index (χ2v) is 6.81.